The molecule has 1 fully saturated rings. The summed E-state index contributed by atoms with van der Waals surface area (Å²) in [5.74, 6) is 0. The smallest absolute Gasteiger partial charge is 0.0309 e. The van der Waals surface area contributed by atoms with E-state index in [0.717, 1.165) is 6.54 Å². The molecule has 0 bridgehead atoms. The highest BCUT2D eigenvalue weighted by molar-refractivity contribution is 4.99. The molecule has 102 valence electrons. The lowest BCUT2D eigenvalue weighted by atomic mass is 9.81. The van der Waals surface area contributed by atoms with Gasteiger partial charge in [0.05, 0.1) is 0 Å². The molecule has 0 aromatic rings. The molecule has 0 aliphatic carbocycles. The van der Waals surface area contributed by atoms with Crippen LogP contribution in [-0.2, 0) is 0 Å². The monoisotopic (exact) mass is 240 g/mol. The molecule has 17 heavy (non-hydrogen) atoms. The van der Waals surface area contributed by atoms with Gasteiger partial charge in [-0.15, -0.1) is 0 Å². The standard InChI is InChI=1S/C15H32N2/c1-13(2,3)9-10-15(6,12-16)17-11-7-8-14(17,4)5/h7-12,16H2,1-6H3. The van der Waals surface area contributed by atoms with Crippen LogP contribution in [0.2, 0.25) is 0 Å². The lowest BCUT2D eigenvalue weighted by Crippen LogP contribution is -2.57. The van der Waals surface area contributed by atoms with Gasteiger partial charge in [0.2, 0.25) is 0 Å². The molecule has 2 N–H and O–H groups in total. The van der Waals surface area contributed by atoms with E-state index in [-0.39, 0.29) is 5.54 Å². The van der Waals surface area contributed by atoms with E-state index in [9.17, 15) is 0 Å². The Kier molecular flexibility index (Phi) is 4.31. The van der Waals surface area contributed by atoms with Gasteiger partial charge in [-0.25, -0.2) is 0 Å². The molecule has 0 radical (unpaired) electrons. The van der Waals surface area contributed by atoms with Crippen molar-refractivity contribution < 1.29 is 0 Å². The molecule has 2 nitrogen and oxygen atoms in total. The van der Waals surface area contributed by atoms with Gasteiger partial charge in [-0.2, -0.15) is 0 Å². The van der Waals surface area contributed by atoms with Gasteiger partial charge in [0.1, 0.15) is 0 Å². The summed E-state index contributed by atoms with van der Waals surface area (Å²) >= 11 is 0. The lowest BCUT2D eigenvalue weighted by Gasteiger charge is -2.47. The SMILES string of the molecule is CC(C)(C)CCC(C)(CN)N1CCCC1(C)C. The zero-order valence-electron chi connectivity index (χ0n) is 12.8. The van der Waals surface area contributed by atoms with Crippen LogP contribution in [0.1, 0.15) is 67.2 Å². The minimum Gasteiger partial charge on any atom is -0.329 e. The number of hydrogen-bond acceptors (Lipinski definition) is 2. The zero-order chi connectivity index (χ0) is 13.3. The second-order valence-electron chi connectivity index (χ2n) is 7.83. The molecular weight excluding hydrogens is 208 g/mol. The first-order valence-electron chi connectivity index (χ1n) is 7.09. The summed E-state index contributed by atoms with van der Waals surface area (Å²) in [4.78, 5) is 2.66. The van der Waals surface area contributed by atoms with Crippen LogP contribution in [0.15, 0.2) is 0 Å². The van der Waals surface area contributed by atoms with Crippen molar-refractivity contribution in [3.8, 4) is 0 Å². The van der Waals surface area contributed by atoms with Gasteiger partial charge in [0.15, 0.2) is 0 Å². The van der Waals surface area contributed by atoms with Gasteiger partial charge >= 0.3 is 0 Å². The molecule has 1 aliphatic rings. The molecule has 1 rings (SSSR count). The first-order valence-corrected chi connectivity index (χ1v) is 7.09. The van der Waals surface area contributed by atoms with E-state index in [1.807, 2.05) is 0 Å². The first-order chi connectivity index (χ1) is 7.61. The fraction of sp³-hybridized carbons (Fsp3) is 1.00. The van der Waals surface area contributed by atoms with Crippen molar-refractivity contribution in [2.75, 3.05) is 13.1 Å². The summed E-state index contributed by atoms with van der Waals surface area (Å²) in [5.41, 5.74) is 7.00. The third-order valence-electron chi connectivity index (χ3n) is 4.41. The van der Waals surface area contributed by atoms with E-state index < -0.39 is 0 Å². The largest absolute Gasteiger partial charge is 0.329 e. The molecule has 1 heterocycles. The summed E-state index contributed by atoms with van der Waals surface area (Å²) in [6.07, 6.45) is 5.07. The normalized spacial score (nSPS) is 24.9. The Morgan fingerprint density at radius 2 is 1.71 bits per heavy atom. The van der Waals surface area contributed by atoms with E-state index >= 15 is 0 Å². The summed E-state index contributed by atoms with van der Waals surface area (Å²) in [7, 11) is 0. The lowest BCUT2D eigenvalue weighted by molar-refractivity contribution is 0.0336. The highest BCUT2D eigenvalue weighted by atomic mass is 15.3. The molecule has 1 atom stereocenters. The fourth-order valence-corrected chi connectivity index (χ4v) is 3.10. The predicted octanol–water partition coefficient (Wildman–Crippen LogP) is 3.40. The highest BCUT2D eigenvalue weighted by Gasteiger charge is 2.42. The molecule has 0 amide bonds. The predicted molar refractivity (Wildman–Crippen MR) is 76.2 cm³/mol. The third-order valence-corrected chi connectivity index (χ3v) is 4.41. The molecule has 2 heteroatoms. The summed E-state index contributed by atoms with van der Waals surface area (Å²) < 4.78 is 0. The number of hydrogen-bond donors (Lipinski definition) is 1. The van der Waals surface area contributed by atoms with Crippen molar-refractivity contribution in [3.63, 3.8) is 0 Å². The number of likely N-dealkylation sites (tertiary alicyclic amines) is 1. The molecular formula is C15H32N2. The molecule has 1 aliphatic heterocycles. The van der Waals surface area contributed by atoms with Gasteiger partial charge in [-0.3, -0.25) is 4.90 Å². The molecule has 0 aromatic carbocycles. The number of nitrogens with two attached hydrogens (primary N) is 1. The van der Waals surface area contributed by atoms with Crippen LogP contribution in [-0.4, -0.2) is 29.1 Å². The Labute approximate surface area is 108 Å². The second kappa shape index (κ2) is 4.89. The van der Waals surface area contributed by atoms with Gasteiger partial charge in [0, 0.05) is 17.6 Å². The Morgan fingerprint density at radius 1 is 1.12 bits per heavy atom. The second-order valence-corrected chi connectivity index (χ2v) is 7.83. The van der Waals surface area contributed by atoms with Gasteiger partial charge in [-0.1, -0.05) is 20.8 Å². The number of rotatable bonds is 4. The molecule has 1 saturated heterocycles. The topological polar surface area (TPSA) is 29.3 Å². The Balaban J connectivity index is 2.74. The van der Waals surface area contributed by atoms with Gasteiger partial charge in [0.25, 0.3) is 0 Å². The van der Waals surface area contributed by atoms with Crippen molar-refractivity contribution in [2.45, 2.75) is 78.3 Å². The molecule has 0 aromatic heterocycles. The summed E-state index contributed by atoms with van der Waals surface area (Å²) in [5, 5.41) is 0. The quantitative estimate of drug-likeness (QED) is 0.816. The van der Waals surface area contributed by atoms with Crippen LogP contribution in [0, 0.1) is 5.41 Å². The van der Waals surface area contributed by atoms with Gasteiger partial charge < -0.3 is 5.73 Å². The minimum atomic E-state index is 0.174. The Bertz CT molecular complexity index is 252. The van der Waals surface area contributed by atoms with Crippen molar-refractivity contribution in [1.29, 1.82) is 0 Å². The Hall–Kier alpha value is -0.0800. The molecule has 1 unspecified atom stereocenters. The van der Waals surface area contributed by atoms with Crippen LogP contribution in [0.25, 0.3) is 0 Å². The van der Waals surface area contributed by atoms with E-state index in [1.54, 1.807) is 0 Å². The fourth-order valence-electron chi connectivity index (χ4n) is 3.10. The van der Waals surface area contributed by atoms with Crippen molar-refractivity contribution in [1.82, 2.24) is 4.90 Å². The highest BCUT2D eigenvalue weighted by Crippen LogP contribution is 2.38. The minimum absolute atomic E-state index is 0.174. The van der Waals surface area contributed by atoms with Crippen LogP contribution in [0.3, 0.4) is 0 Å². The van der Waals surface area contributed by atoms with Crippen LogP contribution in [0.4, 0.5) is 0 Å². The summed E-state index contributed by atoms with van der Waals surface area (Å²) in [6.45, 7) is 16.0. The van der Waals surface area contributed by atoms with E-state index in [1.165, 1.54) is 32.2 Å². The Morgan fingerprint density at radius 3 is 2.06 bits per heavy atom. The number of nitrogens with zero attached hydrogens (tertiary/aromatic N) is 1. The maximum absolute atomic E-state index is 6.10. The maximum Gasteiger partial charge on any atom is 0.0309 e. The zero-order valence-corrected chi connectivity index (χ0v) is 12.8. The third kappa shape index (κ3) is 3.69. The average molecular weight is 240 g/mol. The van der Waals surface area contributed by atoms with E-state index in [2.05, 4.69) is 46.4 Å². The van der Waals surface area contributed by atoms with Crippen molar-refractivity contribution >= 4 is 0 Å². The molecule has 0 saturated carbocycles. The van der Waals surface area contributed by atoms with E-state index in [4.69, 9.17) is 5.73 Å². The van der Waals surface area contributed by atoms with Crippen molar-refractivity contribution in [2.24, 2.45) is 11.1 Å². The van der Waals surface area contributed by atoms with Crippen LogP contribution < -0.4 is 5.73 Å². The summed E-state index contributed by atoms with van der Waals surface area (Å²) in [6, 6.07) is 0. The van der Waals surface area contributed by atoms with Gasteiger partial charge in [-0.05, 0) is 58.4 Å². The first kappa shape index (κ1) is 15.0. The van der Waals surface area contributed by atoms with Crippen LogP contribution >= 0.6 is 0 Å². The molecule has 0 spiro atoms. The average Bonchev–Trinajstić information content (AvgIpc) is 2.54. The van der Waals surface area contributed by atoms with E-state index in [0.29, 0.717) is 11.0 Å². The maximum atomic E-state index is 6.10. The van der Waals surface area contributed by atoms with Crippen molar-refractivity contribution in [3.05, 3.63) is 0 Å². The van der Waals surface area contributed by atoms with Crippen LogP contribution in [0.5, 0.6) is 0 Å².